The molecular weight excluding hydrogens is 661 g/mol. The third-order valence-corrected chi connectivity index (χ3v) is 18.4. The van der Waals surface area contributed by atoms with Crippen molar-refractivity contribution in [1.29, 1.82) is 0 Å². The highest BCUT2D eigenvalue weighted by molar-refractivity contribution is 5.84. The van der Waals surface area contributed by atoms with Gasteiger partial charge in [-0.1, -0.05) is 67.2 Å². The molecule has 53 heavy (non-hydrogen) atoms. The molecule has 8 fully saturated rings. The fourth-order valence-corrected chi connectivity index (χ4v) is 14.7. The van der Waals surface area contributed by atoms with Gasteiger partial charge >= 0.3 is 11.9 Å². The highest BCUT2D eigenvalue weighted by atomic mass is 16.5. The number of piperidine rings is 1. The van der Waals surface area contributed by atoms with Crippen LogP contribution in [0.25, 0.3) is 0 Å². The Morgan fingerprint density at radius 2 is 1.43 bits per heavy atom. The average Bonchev–Trinajstić information content (AvgIpc) is 3.74. The van der Waals surface area contributed by atoms with Crippen molar-refractivity contribution in [2.75, 3.05) is 19.6 Å². The predicted octanol–water partition coefficient (Wildman–Crippen LogP) is 9.52. The Morgan fingerprint density at radius 3 is 2.08 bits per heavy atom. The molecule has 0 bridgehead atoms. The summed E-state index contributed by atoms with van der Waals surface area (Å²) >= 11 is 0. The third kappa shape index (κ3) is 6.83. The van der Waals surface area contributed by atoms with Crippen molar-refractivity contribution < 1.29 is 24.2 Å². The van der Waals surface area contributed by atoms with Gasteiger partial charge < -0.3 is 20.1 Å². The molecule has 0 aromatic carbocycles. The SMILES string of the molecule is CC1C(C(=O)O)CC1C(=O)OC1CCC2(C)C(CCC3(C)C2CCC2C4CCCC4(C(=O)NC(C)(C)CN4CCCCC4)CC[C@]23C)C1C.CC1CC1. The van der Waals surface area contributed by atoms with Gasteiger partial charge in [0.15, 0.2) is 0 Å². The quantitative estimate of drug-likeness (QED) is 0.253. The molecule has 13 atom stereocenters. The summed E-state index contributed by atoms with van der Waals surface area (Å²) in [5.41, 5.74) is 0.290. The summed E-state index contributed by atoms with van der Waals surface area (Å²) < 4.78 is 6.25. The first kappa shape index (κ1) is 39.6. The Labute approximate surface area is 322 Å². The summed E-state index contributed by atoms with van der Waals surface area (Å²) in [6.45, 7) is 22.2. The molecule has 1 aliphatic heterocycles. The van der Waals surface area contributed by atoms with Gasteiger partial charge in [0.2, 0.25) is 5.91 Å². The van der Waals surface area contributed by atoms with Crippen molar-refractivity contribution >= 4 is 17.8 Å². The summed E-state index contributed by atoms with van der Waals surface area (Å²) in [6.07, 6.45) is 19.8. The van der Waals surface area contributed by atoms with Crippen molar-refractivity contribution in [3.63, 3.8) is 0 Å². The first-order valence-corrected chi connectivity index (χ1v) is 22.4. The molecule has 8 rings (SSSR count). The predicted molar refractivity (Wildman–Crippen MR) is 210 cm³/mol. The molecule has 7 aliphatic carbocycles. The number of aliphatic carboxylic acids is 1. The fourth-order valence-electron chi connectivity index (χ4n) is 14.7. The van der Waals surface area contributed by atoms with Gasteiger partial charge in [0.25, 0.3) is 0 Å². The number of hydrogen-bond donors (Lipinski definition) is 2. The molecule has 0 aromatic rings. The standard InChI is InChI=1S/C42H68N2O5.C4H8/c1-26-28(35(45)46)24-29(26)36(47)49-33-16-18-39(5)30(27(33)2)15-19-41(7)34(39)14-13-31-32-12-11-17-42(32,21-20-40(31,41)6)37(48)43-38(3,4)25-44-22-9-8-10-23-44;1-4-2-3-4/h26-34H,8-25H2,1-7H3,(H,43,48)(H,45,46);4H,2-3H2,1H3/t26?,27?,28?,29?,30?,31?,32?,33?,34?,39?,40-,41?,42?;/m1./s1. The van der Waals surface area contributed by atoms with E-state index in [4.69, 9.17) is 4.74 Å². The number of esters is 1. The molecule has 7 heteroatoms. The Hall–Kier alpha value is -1.63. The molecule has 12 unspecified atom stereocenters. The van der Waals surface area contributed by atoms with Gasteiger partial charge in [-0.05, 0) is 168 Å². The number of rotatable bonds is 7. The van der Waals surface area contributed by atoms with Crippen LogP contribution in [0.5, 0.6) is 0 Å². The zero-order valence-corrected chi connectivity index (χ0v) is 34.9. The average molecular weight is 737 g/mol. The molecule has 0 radical (unpaired) electrons. The van der Waals surface area contributed by atoms with Crippen LogP contribution in [0.3, 0.4) is 0 Å². The molecule has 0 spiro atoms. The van der Waals surface area contributed by atoms with Gasteiger partial charge in [0.05, 0.1) is 17.3 Å². The maximum Gasteiger partial charge on any atom is 0.309 e. The van der Waals surface area contributed by atoms with E-state index in [1.165, 1.54) is 70.6 Å². The number of carbonyl (C=O) groups excluding carboxylic acids is 2. The smallest absolute Gasteiger partial charge is 0.309 e. The topological polar surface area (TPSA) is 95.9 Å². The monoisotopic (exact) mass is 737 g/mol. The zero-order valence-electron chi connectivity index (χ0n) is 34.9. The highest BCUT2D eigenvalue weighted by Gasteiger charge is 2.70. The van der Waals surface area contributed by atoms with Crippen molar-refractivity contribution in [2.45, 2.75) is 176 Å². The minimum absolute atomic E-state index is 0.0654. The second kappa shape index (κ2) is 14.4. The lowest BCUT2D eigenvalue weighted by Crippen LogP contribution is -2.66. The first-order valence-electron chi connectivity index (χ1n) is 22.4. The Kier molecular flexibility index (Phi) is 10.8. The van der Waals surface area contributed by atoms with Crippen LogP contribution >= 0.6 is 0 Å². The maximum absolute atomic E-state index is 14.5. The van der Waals surface area contributed by atoms with Crippen LogP contribution in [0.2, 0.25) is 0 Å². The van der Waals surface area contributed by atoms with E-state index in [2.05, 4.69) is 58.7 Å². The van der Waals surface area contributed by atoms with Gasteiger partial charge in [-0.3, -0.25) is 14.4 Å². The van der Waals surface area contributed by atoms with E-state index >= 15 is 0 Å². The molecule has 0 aromatic heterocycles. The second-order valence-corrected chi connectivity index (χ2v) is 21.8. The van der Waals surface area contributed by atoms with Crippen molar-refractivity contribution in [2.24, 2.45) is 74.9 Å². The Morgan fingerprint density at radius 1 is 0.736 bits per heavy atom. The van der Waals surface area contributed by atoms with E-state index in [1.54, 1.807) is 0 Å². The van der Waals surface area contributed by atoms with Crippen LogP contribution in [0.15, 0.2) is 0 Å². The van der Waals surface area contributed by atoms with Gasteiger partial charge in [-0.2, -0.15) is 0 Å². The lowest BCUT2D eigenvalue weighted by atomic mass is 9.33. The van der Waals surface area contributed by atoms with Crippen LogP contribution in [-0.2, 0) is 19.1 Å². The second-order valence-electron chi connectivity index (χ2n) is 21.8. The third-order valence-electron chi connectivity index (χ3n) is 18.4. The van der Waals surface area contributed by atoms with Crippen LogP contribution in [0.1, 0.15) is 165 Å². The number of ether oxygens (including phenoxy) is 1. The van der Waals surface area contributed by atoms with E-state index in [0.29, 0.717) is 41.9 Å². The minimum Gasteiger partial charge on any atom is -0.481 e. The molecule has 7 nitrogen and oxygen atoms in total. The summed E-state index contributed by atoms with van der Waals surface area (Å²) in [5, 5.41) is 13.1. The zero-order chi connectivity index (χ0) is 38.1. The lowest BCUT2D eigenvalue weighted by molar-refractivity contribution is -0.235. The number of nitrogens with zero attached hydrogens (tertiary/aromatic N) is 1. The van der Waals surface area contributed by atoms with Gasteiger partial charge in [0.1, 0.15) is 6.10 Å². The summed E-state index contributed by atoms with van der Waals surface area (Å²) in [5.74, 6) is 2.23. The molecule has 8 aliphatic rings. The number of hydrogen-bond acceptors (Lipinski definition) is 5. The van der Waals surface area contributed by atoms with Crippen LogP contribution < -0.4 is 5.32 Å². The van der Waals surface area contributed by atoms with Gasteiger partial charge in [-0.15, -0.1) is 0 Å². The van der Waals surface area contributed by atoms with E-state index in [0.717, 1.165) is 57.7 Å². The number of likely N-dealkylation sites (tertiary alicyclic amines) is 1. The van der Waals surface area contributed by atoms with Gasteiger partial charge in [0, 0.05) is 12.1 Å². The normalized spacial score (nSPS) is 46.5. The van der Waals surface area contributed by atoms with E-state index in [9.17, 15) is 19.5 Å². The van der Waals surface area contributed by atoms with E-state index < -0.39 is 11.9 Å². The minimum atomic E-state index is -0.793. The molecule has 1 amide bonds. The summed E-state index contributed by atoms with van der Waals surface area (Å²) in [7, 11) is 0. The maximum atomic E-state index is 14.5. The number of carboxylic acid groups (broad SMARTS) is 1. The molecule has 300 valence electrons. The highest BCUT2D eigenvalue weighted by Crippen LogP contribution is 2.76. The van der Waals surface area contributed by atoms with Crippen LogP contribution in [0, 0.1) is 74.9 Å². The number of nitrogens with one attached hydrogen (secondary N) is 1. The molecule has 1 saturated heterocycles. The van der Waals surface area contributed by atoms with Crippen LogP contribution in [0.4, 0.5) is 0 Å². The van der Waals surface area contributed by atoms with Crippen LogP contribution in [-0.4, -0.2) is 59.1 Å². The van der Waals surface area contributed by atoms with Crippen molar-refractivity contribution in [3.05, 3.63) is 0 Å². The molecule has 7 saturated carbocycles. The lowest BCUT2D eigenvalue weighted by Gasteiger charge is -2.71. The molecular formula is C46H76N2O5. The summed E-state index contributed by atoms with van der Waals surface area (Å²) in [6, 6.07) is 0. The first-order chi connectivity index (χ1) is 25.0. The Bertz CT molecular complexity index is 1390. The number of carboxylic acids is 1. The van der Waals surface area contributed by atoms with Gasteiger partial charge in [-0.25, -0.2) is 0 Å². The summed E-state index contributed by atoms with van der Waals surface area (Å²) in [4.78, 5) is 41.8. The molecule has 2 N–H and O–H groups in total. The number of amides is 1. The number of fused-ring (bicyclic) bond motifs is 7. The van der Waals surface area contributed by atoms with Crippen molar-refractivity contribution in [3.8, 4) is 0 Å². The number of carbonyl (C=O) groups is 3. The van der Waals surface area contributed by atoms with E-state index in [-0.39, 0.29) is 51.1 Å². The largest absolute Gasteiger partial charge is 0.481 e. The van der Waals surface area contributed by atoms with Crippen molar-refractivity contribution in [1.82, 2.24) is 10.2 Å². The Balaban J connectivity index is 0.00000102. The molecule has 1 heterocycles. The fraction of sp³-hybridized carbons (Fsp3) is 0.935. The van der Waals surface area contributed by atoms with E-state index in [1.807, 2.05) is 6.92 Å².